The molecule has 0 amide bonds. The third kappa shape index (κ3) is 6.13. The molecule has 0 spiro atoms. The second kappa shape index (κ2) is 9.04. The van der Waals surface area contributed by atoms with Gasteiger partial charge in [0.2, 0.25) is 0 Å². The molecule has 0 aromatic rings. The summed E-state index contributed by atoms with van der Waals surface area (Å²) in [6.07, 6.45) is 5.29. The van der Waals surface area contributed by atoms with E-state index in [1.165, 1.54) is 45.3 Å². The molecular weight excluding hydrogens is 244 g/mol. The molecule has 1 N–H and O–H groups in total. The van der Waals surface area contributed by atoms with Crippen molar-refractivity contribution >= 4 is 0 Å². The van der Waals surface area contributed by atoms with Crippen LogP contribution in [0.3, 0.4) is 0 Å². The zero-order chi connectivity index (χ0) is 15.1. The fraction of sp³-hybridized carbons (Fsp3) is 1.00. The van der Waals surface area contributed by atoms with Crippen molar-refractivity contribution in [3.63, 3.8) is 0 Å². The lowest BCUT2D eigenvalue weighted by Gasteiger charge is -2.43. The van der Waals surface area contributed by atoms with Gasteiger partial charge < -0.3 is 5.32 Å². The predicted octanol–water partition coefficient (Wildman–Crippen LogP) is 4.16. The highest BCUT2D eigenvalue weighted by Gasteiger charge is 2.29. The molecule has 1 saturated heterocycles. The van der Waals surface area contributed by atoms with Gasteiger partial charge in [0.25, 0.3) is 0 Å². The molecule has 1 aliphatic heterocycles. The zero-order valence-electron chi connectivity index (χ0n) is 14.8. The summed E-state index contributed by atoms with van der Waals surface area (Å²) >= 11 is 0. The van der Waals surface area contributed by atoms with Crippen LogP contribution in [-0.2, 0) is 0 Å². The number of hydrogen-bond acceptors (Lipinski definition) is 2. The summed E-state index contributed by atoms with van der Waals surface area (Å²) in [7, 11) is 0. The summed E-state index contributed by atoms with van der Waals surface area (Å²) in [5.41, 5.74) is 0. The molecule has 20 heavy (non-hydrogen) atoms. The Balaban J connectivity index is 2.61. The van der Waals surface area contributed by atoms with Crippen molar-refractivity contribution in [2.24, 2.45) is 17.8 Å². The first-order valence-corrected chi connectivity index (χ1v) is 8.93. The third-order valence-corrected chi connectivity index (χ3v) is 4.76. The largest absolute Gasteiger partial charge is 0.311 e. The van der Waals surface area contributed by atoms with Gasteiger partial charge in [-0.05, 0) is 30.6 Å². The van der Waals surface area contributed by atoms with E-state index in [-0.39, 0.29) is 0 Å². The molecule has 0 saturated carbocycles. The average molecular weight is 283 g/mol. The topological polar surface area (TPSA) is 15.3 Å². The molecule has 2 atom stereocenters. The highest BCUT2D eigenvalue weighted by atomic mass is 15.2. The lowest BCUT2D eigenvalue weighted by molar-refractivity contribution is 0.0879. The first-order chi connectivity index (χ1) is 9.46. The van der Waals surface area contributed by atoms with E-state index in [9.17, 15) is 0 Å². The van der Waals surface area contributed by atoms with Gasteiger partial charge in [-0.25, -0.2) is 0 Å². The van der Waals surface area contributed by atoms with Gasteiger partial charge in [-0.2, -0.15) is 0 Å². The molecule has 1 fully saturated rings. The minimum absolute atomic E-state index is 0.702. The molecule has 2 heteroatoms. The third-order valence-electron chi connectivity index (χ3n) is 4.76. The second-order valence-corrected chi connectivity index (χ2v) is 7.65. The van der Waals surface area contributed by atoms with Gasteiger partial charge in [0.1, 0.15) is 0 Å². The smallest absolute Gasteiger partial charge is 0.0223 e. The predicted molar refractivity (Wildman–Crippen MR) is 90.1 cm³/mol. The van der Waals surface area contributed by atoms with Crippen molar-refractivity contribution in [3.8, 4) is 0 Å². The normalized spacial score (nSPS) is 25.1. The minimum atomic E-state index is 0.702. The van der Waals surface area contributed by atoms with Crippen LogP contribution in [0.4, 0.5) is 0 Å². The summed E-state index contributed by atoms with van der Waals surface area (Å²) in [4.78, 5) is 2.81. The summed E-state index contributed by atoms with van der Waals surface area (Å²) < 4.78 is 0. The highest BCUT2D eigenvalue weighted by Crippen LogP contribution is 2.21. The molecule has 2 unspecified atom stereocenters. The minimum Gasteiger partial charge on any atom is -0.311 e. The van der Waals surface area contributed by atoms with E-state index in [0.717, 1.165) is 23.8 Å². The van der Waals surface area contributed by atoms with Crippen LogP contribution in [0, 0.1) is 17.8 Å². The Labute approximate surface area is 127 Å². The Bertz CT molecular complexity index is 246. The van der Waals surface area contributed by atoms with Gasteiger partial charge in [-0.3, -0.25) is 4.90 Å². The van der Waals surface area contributed by atoms with Crippen molar-refractivity contribution in [1.29, 1.82) is 0 Å². The molecule has 2 nitrogen and oxygen atoms in total. The number of nitrogens with one attached hydrogen (secondary N) is 1. The quantitative estimate of drug-likeness (QED) is 0.719. The fourth-order valence-electron chi connectivity index (χ4n) is 3.53. The summed E-state index contributed by atoms with van der Waals surface area (Å²) in [5.74, 6) is 2.47. The first-order valence-electron chi connectivity index (χ1n) is 8.93. The lowest BCUT2D eigenvalue weighted by Crippen LogP contribution is -2.57. The van der Waals surface area contributed by atoms with Gasteiger partial charge >= 0.3 is 0 Å². The number of nitrogens with zero attached hydrogens (tertiary/aromatic N) is 1. The average Bonchev–Trinajstić information content (AvgIpc) is 2.37. The van der Waals surface area contributed by atoms with Crippen molar-refractivity contribution in [3.05, 3.63) is 0 Å². The maximum Gasteiger partial charge on any atom is 0.0223 e. The SMILES string of the molecule is CCC(CC)CN1CC(CC(C)C)NCC1CC(C)C. The molecule has 0 aromatic heterocycles. The molecule has 0 radical (unpaired) electrons. The van der Waals surface area contributed by atoms with E-state index in [1.54, 1.807) is 0 Å². The van der Waals surface area contributed by atoms with Crippen LogP contribution in [-0.4, -0.2) is 36.6 Å². The standard InChI is InChI=1S/C18H38N2/c1-7-16(8-2)12-20-13-17(9-14(3)4)19-11-18(20)10-15(5)6/h14-19H,7-13H2,1-6H3. The van der Waals surface area contributed by atoms with Gasteiger partial charge in [0, 0.05) is 31.7 Å². The van der Waals surface area contributed by atoms with Crippen LogP contribution in [0.2, 0.25) is 0 Å². The second-order valence-electron chi connectivity index (χ2n) is 7.65. The Morgan fingerprint density at radius 3 is 2.10 bits per heavy atom. The van der Waals surface area contributed by atoms with E-state index in [2.05, 4.69) is 51.8 Å². The van der Waals surface area contributed by atoms with E-state index >= 15 is 0 Å². The fourth-order valence-corrected chi connectivity index (χ4v) is 3.53. The molecule has 0 bridgehead atoms. The molecule has 1 rings (SSSR count). The van der Waals surface area contributed by atoms with Crippen LogP contribution in [0.15, 0.2) is 0 Å². The Morgan fingerprint density at radius 1 is 1.00 bits per heavy atom. The van der Waals surface area contributed by atoms with Crippen LogP contribution in [0.25, 0.3) is 0 Å². The van der Waals surface area contributed by atoms with Crippen LogP contribution < -0.4 is 5.32 Å². The highest BCUT2D eigenvalue weighted by molar-refractivity contribution is 4.88. The van der Waals surface area contributed by atoms with Crippen LogP contribution in [0.5, 0.6) is 0 Å². The molecule has 0 aromatic carbocycles. The molecule has 1 aliphatic rings. The molecule has 120 valence electrons. The zero-order valence-corrected chi connectivity index (χ0v) is 14.8. The molecule has 1 heterocycles. The number of hydrogen-bond donors (Lipinski definition) is 1. The van der Waals surface area contributed by atoms with E-state index < -0.39 is 0 Å². The Morgan fingerprint density at radius 2 is 1.60 bits per heavy atom. The first kappa shape index (κ1) is 18.0. The lowest BCUT2D eigenvalue weighted by atomic mass is 9.93. The van der Waals surface area contributed by atoms with E-state index in [4.69, 9.17) is 0 Å². The van der Waals surface area contributed by atoms with Gasteiger partial charge in [0.15, 0.2) is 0 Å². The summed E-state index contributed by atoms with van der Waals surface area (Å²) in [6.45, 7) is 17.8. The number of rotatable bonds is 8. The summed E-state index contributed by atoms with van der Waals surface area (Å²) in [6, 6.07) is 1.45. The molecule has 0 aliphatic carbocycles. The molecular formula is C18H38N2. The van der Waals surface area contributed by atoms with Crippen LogP contribution in [0.1, 0.15) is 67.2 Å². The summed E-state index contributed by atoms with van der Waals surface area (Å²) in [5, 5.41) is 3.80. The van der Waals surface area contributed by atoms with Crippen molar-refractivity contribution in [1.82, 2.24) is 10.2 Å². The van der Waals surface area contributed by atoms with E-state index in [0.29, 0.717) is 6.04 Å². The number of piperazine rings is 1. The van der Waals surface area contributed by atoms with Gasteiger partial charge in [-0.15, -0.1) is 0 Å². The van der Waals surface area contributed by atoms with Crippen molar-refractivity contribution in [2.75, 3.05) is 19.6 Å². The Kier molecular flexibility index (Phi) is 8.13. The van der Waals surface area contributed by atoms with E-state index in [1.807, 2.05) is 0 Å². The van der Waals surface area contributed by atoms with Gasteiger partial charge in [0.05, 0.1) is 0 Å². The van der Waals surface area contributed by atoms with Gasteiger partial charge in [-0.1, -0.05) is 54.4 Å². The Hall–Kier alpha value is -0.0800. The monoisotopic (exact) mass is 282 g/mol. The maximum absolute atomic E-state index is 3.80. The van der Waals surface area contributed by atoms with Crippen molar-refractivity contribution in [2.45, 2.75) is 79.3 Å². The van der Waals surface area contributed by atoms with Crippen molar-refractivity contribution < 1.29 is 0 Å². The maximum atomic E-state index is 3.80. The van der Waals surface area contributed by atoms with Crippen LogP contribution >= 0.6 is 0 Å².